The molecule has 18 heavy (non-hydrogen) atoms. The van der Waals surface area contributed by atoms with E-state index in [0.29, 0.717) is 19.7 Å². The molecule has 0 bridgehead atoms. The molecule has 2 amide bonds. The molecule has 0 spiro atoms. The maximum atomic E-state index is 12.4. The summed E-state index contributed by atoms with van der Waals surface area (Å²) in [7, 11) is 0. The molecular formula is C12H23N3O3. The van der Waals surface area contributed by atoms with Crippen molar-refractivity contribution in [2.75, 3.05) is 32.8 Å². The number of rotatable bonds is 4. The summed E-state index contributed by atoms with van der Waals surface area (Å²) in [5, 5.41) is 2.73. The summed E-state index contributed by atoms with van der Waals surface area (Å²) in [4.78, 5) is 25.9. The zero-order chi connectivity index (χ0) is 13.8. The molecule has 6 nitrogen and oxygen atoms in total. The minimum absolute atomic E-state index is 0.0930. The van der Waals surface area contributed by atoms with Crippen LogP contribution in [0.3, 0.4) is 0 Å². The average molecular weight is 257 g/mol. The Morgan fingerprint density at radius 2 is 2.17 bits per heavy atom. The van der Waals surface area contributed by atoms with E-state index in [1.54, 1.807) is 18.7 Å². The molecule has 1 unspecified atom stereocenters. The molecule has 3 N–H and O–H groups in total. The van der Waals surface area contributed by atoms with Crippen molar-refractivity contribution >= 4 is 11.8 Å². The van der Waals surface area contributed by atoms with Gasteiger partial charge in [0.05, 0.1) is 18.6 Å². The van der Waals surface area contributed by atoms with Crippen LogP contribution in [0.15, 0.2) is 0 Å². The van der Waals surface area contributed by atoms with Crippen LogP contribution < -0.4 is 11.1 Å². The summed E-state index contributed by atoms with van der Waals surface area (Å²) in [6.45, 7) is 7.37. The second kappa shape index (κ2) is 6.15. The minimum Gasteiger partial charge on any atom is -0.377 e. The van der Waals surface area contributed by atoms with Crippen molar-refractivity contribution < 1.29 is 14.3 Å². The largest absolute Gasteiger partial charge is 0.377 e. The molecule has 6 heteroatoms. The van der Waals surface area contributed by atoms with Gasteiger partial charge in [-0.3, -0.25) is 9.59 Å². The van der Waals surface area contributed by atoms with Crippen LogP contribution in [0.2, 0.25) is 0 Å². The highest BCUT2D eigenvalue weighted by Crippen LogP contribution is 2.20. The van der Waals surface area contributed by atoms with Gasteiger partial charge in [-0.05, 0) is 20.8 Å². The van der Waals surface area contributed by atoms with Crippen LogP contribution in [0.5, 0.6) is 0 Å². The first kappa shape index (κ1) is 14.9. The van der Waals surface area contributed by atoms with E-state index in [4.69, 9.17) is 10.5 Å². The van der Waals surface area contributed by atoms with Gasteiger partial charge in [-0.2, -0.15) is 0 Å². The van der Waals surface area contributed by atoms with Crippen LogP contribution in [0.1, 0.15) is 20.8 Å². The van der Waals surface area contributed by atoms with Crippen LogP contribution in [0.4, 0.5) is 0 Å². The standard InChI is InChI=1S/C12H23N3O3/c1-4-14-10(16)9-7-18-6-5-15(9)11(17)12(2,3)8-13/h9H,4-8,13H2,1-3H3,(H,14,16). The fourth-order valence-corrected chi connectivity index (χ4v) is 1.83. The maximum absolute atomic E-state index is 12.4. The molecular weight excluding hydrogens is 234 g/mol. The van der Waals surface area contributed by atoms with E-state index >= 15 is 0 Å². The number of hydrogen-bond acceptors (Lipinski definition) is 4. The summed E-state index contributed by atoms with van der Waals surface area (Å²) in [6.07, 6.45) is 0. The predicted octanol–water partition coefficient (Wildman–Crippen LogP) is -0.665. The van der Waals surface area contributed by atoms with Gasteiger partial charge in [0.25, 0.3) is 0 Å². The molecule has 0 aromatic carbocycles. The minimum atomic E-state index is -0.651. The zero-order valence-electron chi connectivity index (χ0n) is 11.4. The first-order chi connectivity index (χ1) is 8.44. The van der Waals surface area contributed by atoms with E-state index in [2.05, 4.69) is 5.32 Å². The van der Waals surface area contributed by atoms with Gasteiger partial charge >= 0.3 is 0 Å². The molecule has 1 aliphatic rings. The van der Waals surface area contributed by atoms with Crippen molar-refractivity contribution in [2.24, 2.45) is 11.1 Å². The fourth-order valence-electron chi connectivity index (χ4n) is 1.83. The fraction of sp³-hybridized carbons (Fsp3) is 0.833. The number of nitrogens with two attached hydrogens (primary N) is 1. The van der Waals surface area contributed by atoms with Crippen molar-refractivity contribution in [2.45, 2.75) is 26.8 Å². The van der Waals surface area contributed by atoms with Crippen molar-refractivity contribution in [3.63, 3.8) is 0 Å². The summed E-state index contributed by atoms with van der Waals surface area (Å²) in [6, 6.07) is -0.544. The number of amides is 2. The second-order valence-corrected chi connectivity index (χ2v) is 5.07. The lowest BCUT2D eigenvalue weighted by Gasteiger charge is -2.38. The number of nitrogens with zero attached hydrogens (tertiary/aromatic N) is 1. The predicted molar refractivity (Wildman–Crippen MR) is 67.8 cm³/mol. The Morgan fingerprint density at radius 3 is 2.72 bits per heavy atom. The molecule has 0 aliphatic carbocycles. The van der Waals surface area contributed by atoms with Gasteiger partial charge in [0.2, 0.25) is 11.8 Å². The van der Waals surface area contributed by atoms with Crippen LogP contribution in [-0.2, 0) is 14.3 Å². The smallest absolute Gasteiger partial charge is 0.245 e. The normalized spacial score (nSPS) is 20.7. The first-order valence-corrected chi connectivity index (χ1v) is 6.30. The molecule has 1 fully saturated rings. The molecule has 1 atom stereocenters. The van der Waals surface area contributed by atoms with Crippen LogP contribution in [0, 0.1) is 5.41 Å². The highest BCUT2D eigenvalue weighted by molar-refractivity contribution is 5.90. The summed E-state index contributed by atoms with van der Waals surface area (Å²) in [5.74, 6) is -0.261. The van der Waals surface area contributed by atoms with Crippen LogP contribution in [-0.4, -0.2) is 55.6 Å². The van der Waals surface area contributed by atoms with Crippen LogP contribution in [0.25, 0.3) is 0 Å². The Bertz CT molecular complexity index is 318. The molecule has 0 saturated carbocycles. The lowest BCUT2D eigenvalue weighted by Crippen LogP contribution is -2.59. The Morgan fingerprint density at radius 1 is 1.50 bits per heavy atom. The van der Waals surface area contributed by atoms with Crippen molar-refractivity contribution in [3.05, 3.63) is 0 Å². The number of nitrogens with one attached hydrogen (secondary N) is 1. The number of morpholine rings is 1. The average Bonchev–Trinajstić information content (AvgIpc) is 2.38. The third kappa shape index (κ3) is 3.20. The lowest BCUT2D eigenvalue weighted by atomic mass is 9.91. The van der Waals surface area contributed by atoms with Gasteiger partial charge in [-0.25, -0.2) is 0 Å². The Hall–Kier alpha value is -1.14. The maximum Gasteiger partial charge on any atom is 0.245 e. The van der Waals surface area contributed by atoms with Gasteiger partial charge in [0.1, 0.15) is 6.04 Å². The molecule has 0 aromatic heterocycles. The van der Waals surface area contributed by atoms with Gasteiger partial charge in [-0.15, -0.1) is 0 Å². The topological polar surface area (TPSA) is 84.7 Å². The number of ether oxygens (including phenoxy) is 1. The van der Waals surface area contributed by atoms with E-state index in [0.717, 1.165) is 0 Å². The van der Waals surface area contributed by atoms with Gasteiger partial charge in [-0.1, -0.05) is 0 Å². The Labute approximate surface area is 108 Å². The molecule has 0 radical (unpaired) electrons. The van der Waals surface area contributed by atoms with E-state index < -0.39 is 11.5 Å². The molecule has 104 valence electrons. The quantitative estimate of drug-likeness (QED) is 0.700. The van der Waals surface area contributed by atoms with E-state index in [1.807, 2.05) is 6.92 Å². The summed E-state index contributed by atoms with van der Waals surface area (Å²) in [5.41, 5.74) is 4.96. The van der Waals surface area contributed by atoms with E-state index in [1.165, 1.54) is 0 Å². The van der Waals surface area contributed by atoms with E-state index in [-0.39, 0.29) is 25.0 Å². The Balaban J connectivity index is 2.82. The second-order valence-electron chi connectivity index (χ2n) is 5.07. The van der Waals surface area contributed by atoms with Gasteiger partial charge in [0, 0.05) is 19.6 Å². The van der Waals surface area contributed by atoms with Crippen molar-refractivity contribution in [3.8, 4) is 0 Å². The molecule has 1 saturated heterocycles. The summed E-state index contributed by atoms with van der Waals surface area (Å²) >= 11 is 0. The number of carbonyl (C=O) groups is 2. The SMILES string of the molecule is CCNC(=O)C1COCCN1C(=O)C(C)(C)CN. The highest BCUT2D eigenvalue weighted by Gasteiger charge is 2.38. The third-order valence-electron chi connectivity index (χ3n) is 3.13. The molecule has 0 aromatic rings. The highest BCUT2D eigenvalue weighted by atomic mass is 16.5. The number of likely N-dealkylation sites (N-methyl/N-ethyl adjacent to an activating group) is 1. The Kier molecular flexibility index (Phi) is 5.10. The molecule has 1 aliphatic heterocycles. The van der Waals surface area contributed by atoms with E-state index in [9.17, 15) is 9.59 Å². The third-order valence-corrected chi connectivity index (χ3v) is 3.13. The van der Waals surface area contributed by atoms with Gasteiger partial charge in [0.15, 0.2) is 0 Å². The number of hydrogen-bond donors (Lipinski definition) is 2. The van der Waals surface area contributed by atoms with Crippen molar-refractivity contribution in [1.82, 2.24) is 10.2 Å². The molecule has 1 heterocycles. The summed E-state index contributed by atoms with van der Waals surface area (Å²) < 4.78 is 5.29. The van der Waals surface area contributed by atoms with Gasteiger partial charge < -0.3 is 20.7 Å². The molecule has 1 rings (SSSR count). The van der Waals surface area contributed by atoms with Crippen molar-refractivity contribution in [1.29, 1.82) is 0 Å². The first-order valence-electron chi connectivity index (χ1n) is 6.30. The monoisotopic (exact) mass is 257 g/mol. The lowest BCUT2D eigenvalue weighted by molar-refractivity contribution is -0.154. The zero-order valence-corrected chi connectivity index (χ0v) is 11.4. The number of carbonyl (C=O) groups excluding carboxylic acids is 2. The van der Waals surface area contributed by atoms with Crippen LogP contribution >= 0.6 is 0 Å².